The number of nitrogens with zero attached hydrogens (tertiary/aromatic N) is 3. The zero-order valence-corrected chi connectivity index (χ0v) is 16.8. The molecule has 0 aliphatic carbocycles. The number of rotatable bonds is 8. The Morgan fingerprint density at radius 2 is 1.96 bits per heavy atom. The van der Waals surface area contributed by atoms with Gasteiger partial charge in [-0.05, 0) is 26.0 Å². The third kappa shape index (κ3) is 6.55. The number of guanidine groups is 1. The summed E-state index contributed by atoms with van der Waals surface area (Å²) in [6.45, 7) is 5.90. The summed E-state index contributed by atoms with van der Waals surface area (Å²) in [7, 11) is 0. The molecule has 0 radical (unpaired) electrons. The molecule has 7 nitrogen and oxygen atoms in total. The van der Waals surface area contributed by atoms with Crippen LogP contribution in [0.1, 0.15) is 18.6 Å². The van der Waals surface area contributed by atoms with E-state index in [-0.39, 0.29) is 0 Å². The van der Waals surface area contributed by atoms with Crippen LogP contribution in [0, 0.1) is 6.92 Å². The minimum Gasteiger partial charge on any atom is -0.489 e. The molecule has 2 rings (SSSR count). The number of nitrogens with one attached hydrogen (secondary N) is 2. The Bertz CT molecular complexity index is 728. The Balaban J connectivity index is 1.80. The molecule has 26 heavy (non-hydrogen) atoms. The summed E-state index contributed by atoms with van der Waals surface area (Å²) in [5, 5.41) is 11.3. The first-order valence-corrected chi connectivity index (χ1v) is 9.21. The number of hydrogen-bond donors (Lipinski definition) is 2. The highest BCUT2D eigenvalue weighted by atomic mass is 35.5. The van der Waals surface area contributed by atoms with Crippen molar-refractivity contribution in [3.8, 4) is 5.75 Å². The van der Waals surface area contributed by atoms with Crippen LogP contribution in [0.3, 0.4) is 0 Å². The van der Waals surface area contributed by atoms with E-state index in [1.165, 1.54) is 0 Å². The zero-order chi connectivity index (χ0) is 18.9. The van der Waals surface area contributed by atoms with Crippen molar-refractivity contribution in [3.63, 3.8) is 0 Å². The van der Waals surface area contributed by atoms with Crippen LogP contribution in [0.4, 0.5) is 0 Å². The van der Waals surface area contributed by atoms with Gasteiger partial charge in [0.15, 0.2) is 17.5 Å². The first kappa shape index (κ1) is 20.6. The Labute approximate surface area is 167 Å². The Kier molecular flexibility index (Phi) is 8.28. The molecule has 10 heteroatoms. The summed E-state index contributed by atoms with van der Waals surface area (Å²) in [6.07, 6.45) is 0.573. The lowest BCUT2D eigenvalue weighted by Crippen LogP contribution is -2.39. The van der Waals surface area contributed by atoms with Crippen LogP contribution in [0.25, 0.3) is 0 Å². The molecule has 0 aliphatic rings. The predicted molar refractivity (Wildman–Crippen MR) is 104 cm³/mol. The molecule has 0 aliphatic heterocycles. The van der Waals surface area contributed by atoms with Crippen LogP contribution >= 0.6 is 34.8 Å². The summed E-state index contributed by atoms with van der Waals surface area (Å²) < 4.78 is 10.7. The highest BCUT2D eigenvalue weighted by molar-refractivity contribution is 6.40. The minimum absolute atomic E-state index is 0.355. The molecule has 1 aromatic heterocycles. The van der Waals surface area contributed by atoms with E-state index < -0.39 is 0 Å². The number of hydrogen-bond acceptors (Lipinski definition) is 5. The second kappa shape index (κ2) is 10.4. The summed E-state index contributed by atoms with van der Waals surface area (Å²) >= 11 is 18.0. The highest BCUT2D eigenvalue weighted by Crippen LogP contribution is 2.35. The van der Waals surface area contributed by atoms with Gasteiger partial charge in [-0.1, -0.05) is 40.0 Å². The molecule has 0 amide bonds. The van der Waals surface area contributed by atoms with Crippen LogP contribution < -0.4 is 15.4 Å². The summed E-state index contributed by atoms with van der Waals surface area (Å²) in [6, 6.07) is 3.17. The molecule has 0 bridgehead atoms. The molecular weight excluding hydrogens is 401 g/mol. The van der Waals surface area contributed by atoms with Crippen LogP contribution in [0.15, 0.2) is 21.6 Å². The van der Waals surface area contributed by atoms with E-state index in [1.807, 2.05) is 6.92 Å². The lowest BCUT2D eigenvalue weighted by Gasteiger charge is -2.13. The van der Waals surface area contributed by atoms with Gasteiger partial charge < -0.3 is 19.9 Å². The highest BCUT2D eigenvalue weighted by Gasteiger charge is 2.09. The van der Waals surface area contributed by atoms with Crippen LogP contribution in [-0.2, 0) is 6.42 Å². The van der Waals surface area contributed by atoms with Crippen molar-refractivity contribution < 1.29 is 9.26 Å². The van der Waals surface area contributed by atoms with Crippen LogP contribution in [0.5, 0.6) is 5.75 Å². The smallest absolute Gasteiger partial charge is 0.228 e. The maximum Gasteiger partial charge on any atom is 0.228 e. The van der Waals surface area contributed by atoms with Gasteiger partial charge in [0.25, 0.3) is 0 Å². The number of benzene rings is 1. The molecule has 0 saturated heterocycles. The SMILES string of the molecule is CCNC(=NCCc1nc(C)no1)NCCOc1c(Cl)cc(Cl)cc1Cl. The number of aliphatic imine (C=N–C) groups is 1. The van der Waals surface area contributed by atoms with E-state index in [1.54, 1.807) is 19.1 Å². The quantitative estimate of drug-likeness (QED) is 0.386. The summed E-state index contributed by atoms with van der Waals surface area (Å²) in [5.41, 5.74) is 0. The van der Waals surface area contributed by atoms with Crippen molar-refractivity contribution in [1.82, 2.24) is 20.8 Å². The van der Waals surface area contributed by atoms with E-state index >= 15 is 0 Å². The van der Waals surface area contributed by atoms with E-state index in [9.17, 15) is 0 Å². The van der Waals surface area contributed by atoms with Gasteiger partial charge in [-0.25, -0.2) is 0 Å². The van der Waals surface area contributed by atoms with Crippen molar-refractivity contribution in [3.05, 3.63) is 38.9 Å². The topological polar surface area (TPSA) is 84.6 Å². The van der Waals surface area contributed by atoms with Gasteiger partial charge in [-0.15, -0.1) is 0 Å². The molecular formula is C16H20Cl3N5O2. The molecule has 1 heterocycles. The molecule has 2 aromatic rings. The van der Waals surface area contributed by atoms with Gasteiger partial charge in [-0.3, -0.25) is 4.99 Å². The average Bonchev–Trinajstić information content (AvgIpc) is 2.98. The fraction of sp³-hybridized carbons (Fsp3) is 0.438. The molecule has 0 atom stereocenters. The second-order valence-electron chi connectivity index (χ2n) is 5.22. The third-order valence-electron chi connectivity index (χ3n) is 3.11. The van der Waals surface area contributed by atoms with Gasteiger partial charge in [0.1, 0.15) is 6.61 Å². The number of aromatic nitrogens is 2. The van der Waals surface area contributed by atoms with Crippen molar-refractivity contribution in [2.24, 2.45) is 4.99 Å². The first-order chi connectivity index (χ1) is 12.5. The molecule has 0 unspecified atom stereocenters. The Hall–Kier alpha value is -1.70. The fourth-order valence-corrected chi connectivity index (χ4v) is 2.96. The van der Waals surface area contributed by atoms with Gasteiger partial charge in [-0.2, -0.15) is 4.98 Å². The van der Waals surface area contributed by atoms with Crippen molar-refractivity contribution >= 4 is 40.8 Å². The molecule has 142 valence electrons. The standard InChI is InChI=1S/C16H20Cl3N5O2/c1-3-20-16(21-5-4-14-23-10(2)24-26-14)22-6-7-25-15-12(18)8-11(17)9-13(15)19/h8-9H,3-7H2,1-2H3,(H2,20,21,22). The van der Waals surface area contributed by atoms with Crippen LogP contribution in [-0.4, -0.2) is 42.3 Å². The molecule has 0 spiro atoms. The molecule has 0 saturated carbocycles. The number of aryl methyl sites for hydroxylation is 1. The Morgan fingerprint density at radius 1 is 1.23 bits per heavy atom. The summed E-state index contributed by atoms with van der Waals surface area (Å²) in [5.74, 6) is 2.26. The van der Waals surface area contributed by atoms with E-state index in [4.69, 9.17) is 44.1 Å². The van der Waals surface area contributed by atoms with Gasteiger partial charge in [0, 0.05) is 18.0 Å². The number of ether oxygens (including phenoxy) is 1. The normalized spacial score (nSPS) is 11.5. The molecule has 0 fully saturated rings. The van der Waals surface area contributed by atoms with Crippen molar-refractivity contribution in [2.75, 3.05) is 26.2 Å². The molecule has 1 aromatic carbocycles. The second-order valence-corrected chi connectivity index (χ2v) is 6.47. The number of halogens is 3. The van der Waals surface area contributed by atoms with Crippen LogP contribution in [0.2, 0.25) is 15.1 Å². The predicted octanol–water partition coefficient (Wildman–Crippen LogP) is 3.51. The van der Waals surface area contributed by atoms with Crippen molar-refractivity contribution in [2.45, 2.75) is 20.3 Å². The summed E-state index contributed by atoms with van der Waals surface area (Å²) in [4.78, 5) is 8.59. The molecule has 2 N–H and O–H groups in total. The van der Waals surface area contributed by atoms with E-state index in [2.05, 4.69) is 25.8 Å². The maximum absolute atomic E-state index is 6.08. The lowest BCUT2D eigenvalue weighted by molar-refractivity contribution is 0.322. The first-order valence-electron chi connectivity index (χ1n) is 8.08. The third-order valence-corrected chi connectivity index (χ3v) is 3.89. The van der Waals surface area contributed by atoms with E-state index in [0.717, 1.165) is 6.54 Å². The average molecular weight is 421 g/mol. The van der Waals surface area contributed by atoms with Crippen molar-refractivity contribution in [1.29, 1.82) is 0 Å². The maximum atomic E-state index is 6.08. The van der Waals surface area contributed by atoms with Gasteiger partial charge in [0.2, 0.25) is 5.89 Å². The zero-order valence-electron chi connectivity index (χ0n) is 14.5. The lowest BCUT2D eigenvalue weighted by atomic mass is 10.3. The fourth-order valence-electron chi connectivity index (χ4n) is 2.04. The van der Waals surface area contributed by atoms with E-state index in [0.29, 0.717) is 64.6 Å². The Morgan fingerprint density at radius 3 is 2.58 bits per heavy atom. The van der Waals surface area contributed by atoms with Gasteiger partial charge >= 0.3 is 0 Å². The minimum atomic E-state index is 0.355. The monoisotopic (exact) mass is 419 g/mol. The largest absolute Gasteiger partial charge is 0.489 e. The van der Waals surface area contributed by atoms with Gasteiger partial charge in [0.05, 0.1) is 23.1 Å².